The smallest absolute Gasteiger partial charge is 0.147 e. The lowest BCUT2D eigenvalue weighted by atomic mass is 10.2. The first-order valence-electron chi connectivity index (χ1n) is 7.96. The van der Waals surface area contributed by atoms with Crippen LogP contribution in [0.2, 0.25) is 0 Å². The Hall–Kier alpha value is -2.15. The average molecular weight is 346 g/mol. The number of anilines is 3. The van der Waals surface area contributed by atoms with Gasteiger partial charge in [0.15, 0.2) is 0 Å². The van der Waals surface area contributed by atoms with Gasteiger partial charge in [-0.25, -0.2) is 18.4 Å². The van der Waals surface area contributed by atoms with Crippen LogP contribution in [0.1, 0.15) is 6.42 Å². The lowest BCUT2D eigenvalue weighted by Gasteiger charge is -2.21. The Morgan fingerprint density at radius 2 is 2.00 bits per heavy atom. The molecule has 0 spiro atoms. The molecule has 0 amide bonds. The quantitative estimate of drug-likeness (QED) is 0.826. The summed E-state index contributed by atoms with van der Waals surface area (Å²) in [6, 6.07) is 12.0. The third-order valence-corrected chi connectivity index (χ3v) is 5.35. The van der Waals surface area contributed by atoms with E-state index in [1.807, 2.05) is 48.3 Å². The number of aromatic nitrogens is 2. The molecule has 0 aliphatic carbocycles. The van der Waals surface area contributed by atoms with Crippen LogP contribution >= 0.6 is 0 Å². The molecule has 0 radical (unpaired) electrons. The number of para-hydroxylation sites is 1. The molecule has 1 fully saturated rings. The second-order valence-electron chi connectivity index (χ2n) is 6.32. The molecule has 1 aliphatic rings. The third kappa shape index (κ3) is 4.03. The maximum Gasteiger partial charge on any atom is 0.147 e. The Bertz CT molecular complexity index is 795. The van der Waals surface area contributed by atoms with Crippen LogP contribution in [0.15, 0.2) is 42.7 Å². The molecule has 128 valence electrons. The first-order chi connectivity index (χ1) is 11.4. The third-order valence-electron chi connectivity index (χ3n) is 4.27. The Morgan fingerprint density at radius 3 is 2.71 bits per heavy atom. The zero-order valence-electron chi connectivity index (χ0n) is 14.0. The summed E-state index contributed by atoms with van der Waals surface area (Å²) in [4.78, 5) is 12.9. The maximum atomic E-state index is 11.5. The van der Waals surface area contributed by atoms with Gasteiger partial charge in [0, 0.05) is 38.1 Å². The van der Waals surface area contributed by atoms with E-state index in [0.29, 0.717) is 0 Å². The van der Waals surface area contributed by atoms with E-state index in [4.69, 9.17) is 0 Å². The van der Waals surface area contributed by atoms with E-state index in [1.165, 1.54) is 6.26 Å². The van der Waals surface area contributed by atoms with Crippen LogP contribution in [0.25, 0.3) is 0 Å². The fourth-order valence-electron chi connectivity index (χ4n) is 3.08. The summed E-state index contributed by atoms with van der Waals surface area (Å²) in [5.41, 5.74) is 1.05. The Labute approximate surface area is 143 Å². The molecule has 7 heteroatoms. The van der Waals surface area contributed by atoms with Gasteiger partial charge in [0.05, 0.1) is 5.75 Å². The van der Waals surface area contributed by atoms with Gasteiger partial charge in [-0.1, -0.05) is 18.2 Å². The maximum absolute atomic E-state index is 11.5. The van der Waals surface area contributed by atoms with Gasteiger partial charge in [-0.3, -0.25) is 0 Å². The predicted octanol–water partition coefficient (Wildman–Crippen LogP) is 2.12. The van der Waals surface area contributed by atoms with Crippen LogP contribution in [0.3, 0.4) is 0 Å². The van der Waals surface area contributed by atoms with Gasteiger partial charge in [-0.05, 0) is 24.5 Å². The molecule has 1 aromatic carbocycles. The second-order valence-corrected chi connectivity index (χ2v) is 8.51. The standard InChI is InChI=1S/C17H22N4O2S/c1-20(15-6-4-3-5-7-15)16-10-17(19-13-18-16)21-9-8-14(11-21)12-24(2,22)23/h3-7,10,13-14H,8-9,11-12H2,1-2H3. The topological polar surface area (TPSA) is 66.4 Å². The van der Waals surface area contributed by atoms with Crippen molar-refractivity contribution in [2.75, 3.05) is 41.9 Å². The Kier molecular flexibility index (Phi) is 4.71. The van der Waals surface area contributed by atoms with Crippen LogP contribution in [0.4, 0.5) is 17.3 Å². The molecule has 2 heterocycles. The lowest BCUT2D eigenvalue weighted by molar-refractivity contribution is 0.577. The highest BCUT2D eigenvalue weighted by Gasteiger charge is 2.26. The van der Waals surface area contributed by atoms with Crippen LogP contribution in [0, 0.1) is 5.92 Å². The van der Waals surface area contributed by atoms with Crippen LogP contribution in [-0.4, -0.2) is 50.5 Å². The highest BCUT2D eigenvalue weighted by Crippen LogP contribution is 2.27. The molecular formula is C17H22N4O2S. The highest BCUT2D eigenvalue weighted by molar-refractivity contribution is 7.90. The van der Waals surface area contributed by atoms with E-state index in [0.717, 1.165) is 36.8 Å². The van der Waals surface area contributed by atoms with E-state index >= 15 is 0 Å². The van der Waals surface area contributed by atoms with Gasteiger partial charge < -0.3 is 9.80 Å². The second kappa shape index (κ2) is 6.76. The van der Waals surface area contributed by atoms with Crippen molar-refractivity contribution in [3.63, 3.8) is 0 Å². The van der Waals surface area contributed by atoms with Gasteiger partial charge in [0.1, 0.15) is 27.8 Å². The van der Waals surface area contributed by atoms with Crippen molar-refractivity contribution < 1.29 is 8.42 Å². The van der Waals surface area contributed by atoms with Crippen molar-refractivity contribution in [1.29, 1.82) is 0 Å². The van der Waals surface area contributed by atoms with Gasteiger partial charge in [-0.2, -0.15) is 0 Å². The van der Waals surface area contributed by atoms with E-state index in [2.05, 4.69) is 14.9 Å². The first kappa shape index (κ1) is 16.7. The summed E-state index contributed by atoms with van der Waals surface area (Å²) < 4.78 is 23.0. The van der Waals surface area contributed by atoms with E-state index in [1.54, 1.807) is 6.33 Å². The molecule has 3 rings (SSSR count). The molecule has 2 aromatic rings. The average Bonchev–Trinajstić information content (AvgIpc) is 3.01. The van der Waals surface area contributed by atoms with E-state index in [-0.39, 0.29) is 11.7 Å². The highest BCUT2D eigenvalue weighted by atomic mass is 32.2. The number of benzene rings is 1. The lowest BCUT2D eigenvalue weighted by Crippen LogP contribution is -2.24. The Balaban J connectivity index is 1.74. The van der Waals surface area contributed by atoms with Gasteiger partial charge >= 0.3 is 0 Å². The van der Waals surface area contributed by atoms with Crippen molar-refractivity contribution in [1.82, 2.24) is 9.97 Å². The molecule has 1 unspecified atom stereocenters. The minimum absolute atomic E-state index is 0.172. The van der Waals surface area contributed by atoms with Gasteiger partial charge in [0.2, 0.25) is 0 Å². The molecule has 0 saturated carbocycles. The number of hydrogen-bond donors (Lipinski definition) is 0. The molecule has 0 N–H and O–H groups in total. The molecule has 24 heavy (non-hydrogen) atoms. The van der Waals surface area contributed by atoms with Gasteiger partial charge in [-0.15, -0.1) is 0 Å². The molecular weight excluding hydrogens is 324 g/mol. The fourth-order valence-corrected chi connectivity index (χ4v) is 4.21. The molecule has 1 atom stereocenters. The molecule has 1 saturated heterocycles. The zero-order valence-corrected chi connectivity index (χ0v) is 14.8. The first-order valence-corrected chi connectivity index (χ1v) is 10.0. The van der Waals surface area contributed by atoms with Crippen molar-refractivity contribution in [3.05, 3.63) is 42.7 Å². The number of sulfone groups is 1. The van der Waals surface area contributed by atoms with Crippen molar-refractivity contribution in [2.24, 2.45) is 5.92 Å². The SMILES string of the molecule is CN(c1ccccc1)c1cc(N2CCC(CS(C)(=O)=O)C2)ncn1. The minimum Gasteiger partial charge on any atom is -0.356 e. The van der Waals surface area contributed by atoms with E-state index in [9.17, 15) is 8.42 Å². The summed E-state index contributed by atoms with van der Waals surface area (Å²) in [5.74, 6) is 2.08. The zero-order chi connectivity index (χ0) is 17.2. The van der Waals surface area contributed by atoms with Crippen molar-refractivity contribution in [2.45, 2.75) is 6.42 Å². The fraction of sp³-hybridized carbons (Fsp3) is 0.412. The predicted molar refractivity (Wildman–Crippen MR) is 96.6 cm³/mol. The minimum atomic E-state index is -2.94. The van der Waals surface area contributed by atoms with Crippen LogP contribution in [-0.2, 0) is 9.84 Å². The normalized spacial score (nSPS) is 17.9. The monoisotopic (exact) mass is 346 g/mol. The van der Waals surface area contributed by atoms with E-state index < -0.39 is 9.84 Å². The largest absolute Gasteiger partial charge is 0.356 e. The summed E-state index contributed by atoms with van der Waals surface area (Å²) >= 11 is 0. The summed E-state index contributed by atoms with van der Waals surface area (Å²) in [6.45, 7) is 1.55. The molecule has 1 aromatic heterocycles. The van der Waals surface area contributed by atoms with Crippen molar-refractivity contribution >= 4 is 27.2 Å². The summed E-state index contributed by atoms with van der Waals surface area (Å²) in [7, 11) is -0.968. The molecule has 0 bridgehead atoms. The van der Waals surface area contributed by atoms with Crippen molar-refractivity contribution in [3.8, 4) is 0 Å². The number of hydrogen-bond acceptors (Lipinski definition) is 6. The summed E-state index contributed by atoms with van der Waals surface area (Å²) in [5, 5.41) is 0. The Morgan fingerprint density at radius 1 is 1.25 bits per heavy atom. The van der Waals surface area contributed by atoms with Gasteiger partial charge in [0.25, 0.3) is 0 Å². The van der Waals surface area contributed by atoms with Crippen LogP contribution < -0.4 is 9.80 Å². The number of nitrogens with zero attached hydrogens (tertiary/aromatic N) is 4. The van der Waals surface area contributed by atoms with Crippen LogP contribution in [0.5, 0.6) is 0 Å². The summed E-state index contributed by atoms with van der Waals surface area (Å²) in [6.07, 6.45) is 3.74. The molecule has 1 aliphatic heterocycles. The number of rotatable bonds is 5. The molecule has 6 nitrogen and oxygen atoms in total.